The van der Waals surface area contributed by atoms with Crippen molar-refractivity contribution in [2.24, 2.45) is 0 Å². The van der Waals surface area contributed by atoms with E-state index in [0.29, 0.717) is 0 Å². The van der Waals surface area contributed by atoms with Crippen LogP contribution in [0.4, 0.5) is 14.1 Å². The fourth-order valence-electron chi connectivity index (χ4n) is 0. The van der Waals surface area contributed by atoms with E-state index in [-0.39, 0.29) is 0 Å². The van der Waals surface area contributed by atoms with Gasteiger partial charge in [-0.05, 0) is 0 Å². The van der Waals surface area contributed by atoms with Gasteiger partial charge < -0.3 is 0 Å². The third kappa shape index (κ3) is 162000. The zero-order valence-electron chi connectivity index (χ0n) is 4.28. The third-order valence-corrected chi connectivity index (χ3v) is 0. The molecule has 0 fully saturated rings. The summed E-state index contributed by atoms with van der Waals surface area (Å²) < 4.78 is 49.6. The Balaban J connectivity index is 0. The van der Waals surface area contributed by atoms with E-state index in [1.54, 1.807) is 6.07 Å². The zero-order chi connectivity index (χ0) is 8.15. The first-order valence-electron chi connectivity index (χ1n) is 1.57. The second-order valence-electron chi connectivity index (χ2n) is 0.862. The summed E-state index contributed by atoms with van der Waals surface area (Å²) in [7, 11) is 0. The molecule has 7 heteroatoms. The van der Waals surface area contributed by atoms with E-state index in [1.807, 2.05) is 0 Å². The first kappa shape index (κ1) is 11.7. The van der Waals surface area contributed by atoms with Gasteiger partial charge in [-0.2, -0.15) is 5.26 Å². The van der Waals surface area contributed by atoms with Gasteiger partial charge in [-0.15, -0.1) is 0 Å². The fourth-order valence-corrected chi connectivity index (χ4v) is 0. The summed E-state index contributed by atoms with van der Waals surface area (Å²) in [5.41, 5.74) is 0. The van der Waals surface area contributed by atoms with Gasteiger partial charge in [0.2, 0.25) is 0 Å². The van der Waals surface area contributed by atoms with Crippen molar-refractivity contribution in [2.45, 2.75) is 6.92 Å². The summed E-state index contributed by atoms with van der Waals surface area (Å²) in [4.78, 5) is 0. The van der Waals surface area contributed by atoms with Crippen LogP contribution in [0.5, 0.6) is 0 Å². The molecule has 9 heavy (non-hydrogen) atoms. The van der Waals surface area contributed by atoms with E-state index >= 15 is 0 Å². The van der Waals surface area contributed by atoms with Crippen molar-refractivity contribution in [2.75, 3.05) is 0 Å². The average molecular weight is 258 g/mol. The van der Waals surface area contributed by atoms with Crippen LogP contribution in [0.2, 0.25) is 0 Å². The molecule has 1 nitrogen and oxygen atoms in total. The van der Waals surface area contributed by atoms with Gasteiger partial charge in [0, 0.05) is 6.92 Å². The van der Waals surface area contributed by atoms with Crippen LogP contribution < -0.4 is 0 Å². The van der Waals surface area contributed by atoms with Crippen molar-refractivity contribution in [3.05, 3.63) is 0 Å². The number of nitrogens with zero attached hydrogens (tertiary/aromatic N) is 1. The van der Waals surface area contributed by atoms with Gasteiger partial charge in [0.25, 0.3) is 0 Å². The molecule has 0 saturated carbocycles. The summed E-state index contributed by atoms with van der Waals surface area (Å²) in [6.45, 7) is 1.43. The molecule has 0 rings (SSSR count). The van der Waals surface area contributed by atoms with Crippen LogP contribution in [-0.2, 0) is 0 Å². The molecule has 0 aromatic carbocycles. The fraction of sp³-hybridized carbons (Fsp3) is 0.500. The molecule has 0 N–H and O–H groups in total. The van der Waals surface area contributed by atoms with Gasteiger partial charge in [0.15, 0.2) is 0 Å². The van der Waals surface area contributed by atoms with Crippen molar-refractivity contribution in [1.29, 1.82) is 5.26 Å². The van der Waals surface area contributed by atoms with E-state index in [1.165, 1.54) is 6.92 Å². The van der Waals surface area contributed by atoms with Crippen LogP contribution in [0.15, 0.2) is 0 Å². The van der Waals surface area contributed by atoms with Gasteiger partial charge in [-0.25, -0.2) is 0 Å². The van der Waals surface area contributed by atoms with Crippen molar-refractivity contribution in [3.8, 4) is 6.07 Å². The molecule has 0 heterocycles. The molecule has 0 amide bonds. The number of hydrogen-bond donors (Lipinski definition) is 0. The molecule has 56 valence electrons. The SMILES string of the molecule is CC#N.[F][Sb]([F])([F])([F])[F]. The van der Waals surface area contributed by atoms with Crippen LogP contribution in [0.1, 0.15) is 6.92 Å². The van der Waals surface area contributed by atoms with E-state index in [4.69, 9.17) is 5.26 Å². The maximum atomic E-state index is 9.91. The Hall–Kier alpha value is -0.0418. The van der Waals surface area contributed by atoms with E-state index < -0.39 is 20.3 Å². The van der Waals surface area contributed by atoms with Crippen molar-refractivity contribution in [3.63, 3.8) is 0 Å². The molecule has 0 aromatic rings. The second-order valence-corrected chi connectivity index (χ2v) is 4.51. The van der Waals surface area contributed by atoms with Crippen LogP contribution in [0.3, 0.4) is 0 Å². The minimum absolute atomic E-state index is 1.43. The Bertz CT molecular complexity index is 100. The number of nitriles is 1. The Morgan fingerprint density at radius 1 is 1.11 bits per heavy atom. The number of hydrogen-bond acceptors (Lipinski definition) is 1. The topological polar surface area (TPSA) is 23.8 Å². The predicted molar refractivity (Wildman–Crippen MR) is 22.6 cm³/mol. The standard InChI is InChI=1S/C2H3N.5FH.Sb/c1-2-3;;;;;;/h1H3;5*1H;/q;;;;;;+5/p-5. The molecule has 0 atom stereocenters. The van der Waals surface area contributed by atoms with Crippen molar-refractivity contribution >= 4 is 20.3 Å². The van der Waals surface area contributed by atoms with Gasteiger partial charge in [-0.1, -0.05) is 0 Å². The van der Waals surface area contributed by atoms with Gasteiger partial charge in [0.1, 0.15) is 0 Å². The molecule has 0 aliphatic heterocycles. The quantitative estimate of drug-likeness (QED) is 0.482. The Kier molecular flexibility index (Phi) is 4.18. The monoisotopic (exact) mass is 257 g/mol. The van der Waals surface area contributed by atoms with Crippen LogP contribution in [-0.4, -0.2) is 20.3 Å². The molecule has 0 unspecified atom stereocenters. The average Bonchev–Trinajstić information content (AvgIpc) is 1.23. The second kappa shape index (κ2) is 3.21. The van der Waals surface area contributed by atoms with Crippen molar-refractivity contribution < 1.29 is 14.1 Å². The predicted octanol–water partition coefficient (Wildman–Crippen LogP) is 2.25. The molecule has 0 aliphatic rings. The Labute approximate surface area is 53.1 Å². The summed E-state index contributed by atoms with van der Waals surface area (Å²) in [6.07, 6.45) is 0. The summed E-state index contributed by atoms with van der Waals surface area (Å²) in [5, 5.41) is 7.32. The Morgan fingerprint density at radius 2 is 1.11 bits per heavy atom. The van der Waals surface area contributed by atoms with E-state index in [9.17, 15) is 14.1 Å². The number of halogens is 5. The number of rotatable bonds is 0. The Morgan fingerprint density at radius 3 is 1.11 bits per heavy atom. The molecular formula is C2H3F5NSb. The normalized spacial score (nSPS) is 13.7. The molecular weight excluding hydrogens is 255 g/mol. The minimum atomic E-state index is -9.19. The first-order valence-corrected chi connectivity index (χ1v) is 6.39. The van der Waals surface area contributed by atoms with E-state index in [0.717, 1.165) is 0 Å². The molecule has 0 spiro atoms. The van der Waals surface area contributed by atoms with Gasteiger partial charge >= 0.3 is 34.4 Å². The maximum absolute atomic E-state index is 9.91. The van der Waals surface area contributed by atoms with Crippen LogP contribution in [0, 0.1) is 11.3 Å². The van der Waals surface area contributed by atoms with E-state index in [2.05, 4.69) is 0 Å². The zero-order valence-corrected chi connectivity index (χ0v) is 6.84. The third-order valence-electron chi connectivity index (χ3n) is 0. The summed E-state index contributed by atoms with van der Waals surface area (Å²) in [5.74, 6) is 0. The molecule has 0 aliphatic carbocycles. The van der Waals surface area contributed by atoms with Gasteiger partial charge in [-0.3, -0.25) is 0 Å². The molecule has 0 radical (unpaired) electrons. The van der Waals surface area contributed by atoms with Crippen LogP contribution >= 0.6 is 0 Å². The van der Waals surface area contributed by atoms with Gasteiger partial charge in [0.05, 0.1) is 6.07 Å². The molecule has 0 bridgehead atoms. The molecule has 0 saturated heterocycles. The van der Waals surface area contributed by atoms with Crippen molar-refractivity contribution in [1.82, 2.24) is 0 Å². The first-order chi connectivity index (χ1) is 3.65. The van der Waals surface area contributed by atoms with Crippen LogP contribution in [0.25, 0.3) is 0 Å². The summed E-state index contributed by atoms with van der Waals surface area (Å²) in [6, 6.07) is 1.75. The summed E-state index contributed by atoms with van der Waals surface area (Å²) >= 11 is -9.19. The molecule has 0 aromatic heterocycles.